The molecule has 26 heavy (non-hydrogen) atoms. The zero-order chi connectivity index (χ0) is 19.0. The monoisotopic (exact) mass is 362 g/mol. The Balaban J connectivity index is 2.49. The zero-order valence-electron chi connectivity index (χ0n) is 17.2. The highest BCUT2D eigenvalue weighted by Gasteiger charge is 2.10. The third kappa shape index (κ3) is 8.72. The predicted octanol–water partition coefficient (Wildman–Crippen LogP) is 5.72. The quantitative estimate of drug-likeness (QED) is 0.163. The summed E-state index contributed by atoms with van der Waals surface area (Å²) in [6.45, 7) is 11.0. The smallest absolute Gasteiger partial charge is 0.114 e. The Morgan fingerprint density at radius 1 is 1.04 bits per heavy atom. The maximum atomic E-state index is 8.61. The van der Waals surface area contributed by atoms with Crippen LogP contribution in [-0.4, -0.2) is 34.1 Å². The van der Waals surface area contributed by atoms with Crippen molar-refractivity contribution in [2.45, 2.75) is 91.6 Å². The molecule has 0 amide bonds. The Labute approximate surface area is 159 Å². The van der Waals surface area contributed by atoms with E-state index in [4.69, 9.17) is 5.53 Å². The molecule has 0 fully saturated rings. The molecule has 0 atom stereocenters. The molecule has 0 bridgehead atoms. The molecule has 1 heterocycles. The van der Waals surface area contributed by atoms with E-state index in [2.05, 4.69) is 45.2 Å². The van der Waals surface area contributed by atoms with Crippen LogP contribution in [0.1, 0.15) is 83.7 Å². The number of aromatic nitrogens is 2. The molecule has 1 aromatic rings. The molecule has 0 saturated heterocycles. The largest absolute Gasteiger partial charge is 0.331 e. The van der Waals surface area contributed by atoms with Crippen LogP contribution in [0, 0.1) is 0 Å². The van der Waals surface area contributed by atoms with Crippen molar-refractivity contribution in [1.29, 1.82) is 0 Å². The number of rotatable bonds is 16. The summed E-state index contributed by atoms with van der Waals surface area (Å²) in [5.41, 5.74) is 9.89. The summed E-state index contributed by atoms with van der Waals surface area (Å²) >= 11 is 0. The van der Waals surface area contributed by atoms with Crippen LogP contribution < -0.4 is 0 Å². The van der Waals surface area contributed by atoms with Crippen LogP contribution >= 0.6 is 0 Å². The van der Waals surface area contributed by atoms with Gasteiger partial charge in [-0.05, 0) is 31.5 Å². The van der Waals surface area contributed by atoms with E-state index in [9.17, 15) is 0 Å². The van der Waals surface area contributed by atoms with E-state index in [0.29, 0.717) is 6.54 Å². The number of imidazole rings is 1. The highest BCUT2D eigenvalue weighted by atomic mass is 15.2. The Morgan fingerprint density at radius 2 is 1.69 bits per heavy atom. The molecule has 0 unspecified atom stereocenters. The lowest BCUT2D eigenvalue weighted by atomic mass is 10.1. The van der Waals surface area contributed by atoms with E-state index in [0.717, 1.165) is 38.4 Å². The predicted molar refractivity (Wildman–Crippen MR) is 109 cm³/mol. The number of unbranched alkanes of at least 4 members (excludes halogenated alkanes) is 7. The van der Waals surface area contributed by atoms with Crippen molar-refractivity contribution in [2.75, 3.05) is 19.6 Å². The highest BCUT2D eigenvalue weighted by Crippen LogP contribution is 2.14. The second-order valence-corrected chi connectivity index (χ2v) is 6.96. The average molecular weight is 363 g/mol. The van der Waals surface area contributed by atoms with Gasteiger partial charge in [0.15, 0.2) is 0 Å². The molecule has 6 nitrogen and oxygen atoms in total. The third-order valence-corrected chi connectivity index (χ3v) is 5.12. The van der Waals surface area contributed by atoms with Gasteiger partial charge in [0, 0.05) is 29.9 Å². The van der Waals surface area contributed by atoms with Gasteiger partial charge in [0.25, 0.3) is 0 Å². The fourth-order valence-electron chi connectivity index (χ4n) is 3.37. The van der Waals surface area contributed by atoms with E-state index >= 15 is 0 Å². The Bertz CT molecular complexity index is 514. The molecular formula is C20H38N6. The van der Waals surface area contributed by atoms with E-state index in [1.165, 1.54) is 57.1 Å². The molecule has 1 aromatic heterocycles. The minimum absolute atomic E-state index is 0.339. The van der Waals surface area contributed by atoms with Crippen molar-refractivity contribution >= 4 is 0 Å². The van der Waals surface area contributed by atoms with Crippen LogP contribution in [0.3, 0.4) is 0 Å². The van der Waals surface area contributed by atoms with Gasteiger partial charge in [0.05, 0.1) is 6.54 Å². The summed E-state index contributed by atoms with van der Waals surface area (Å²) in [5, 5.41) is 3.71. The van der Waals surface area contributed by atoms with Crippen molar-refractivity contribution in [3.63, 3.8) is 0 Å². The second kappa shape index (κ2) is 14.6. The first-order valence-corrected chi connectivity index (χ1v) is 10.5. The fourth-order valence-corrected chi connectivity index (χ4v) is 3.37. The van der Waals surface area contributed by atoms with Crippen LogP contribution in [0.15, 0.2) is 11.3 Å². The molecule has 148 valence electrons. The number of hydrogen-bond donors (Lipinski definition) is 0. The molecule has 0 aliphatic rings. The normalized spacial score (nSPS) is 11.1. The number of likely N-dealkylation sites (N-methyl/N-ethyl adjacent to an activating group) is 1. The van der Waals surface area contributed by atoms with Crippen molar-refractivity contribution in [3.8, 4) is 0 Å². The molecule has 0 radical (unpaired) electrons. The molecule has 6 heteroatoms. The van der Waals surface area contributed by atoms with Crippen molar-refractivity contribution in [3.05, 3.63) is 28.2 Å². The van der Waals surface area contributed by atoms with Gasteiger partial charge >= 0.3 is 0 Å². The summed E-state index contributed by atoms with van der Waals surface area (Å²) in [5.74, 6) is 0.893. The summed E-state index contributed by atoms with van der Waals surface area (Å²) < 4.78 is 2.27. The lowest BCUT2D eigenvalue weighted by Gasteiger charge is -2.20. The number of hydrogen-bond acceptors (Lipinski definition) is 3. The van der Waals surface area contributed by atoms with Crippen LogP contribution in [0.4, 0.5) is 0 Å². The Hall–Kier alpha value is -1.52. The van der Waals surface area contributed by atoms with Gasteiger partial charge in [0.1, 0.15) is 5.82 Å². The zero-order valence-corrected chi connectivity index (χ0v) is 17.2. The molecular weight excluding hydrogens is 324 g/mol. The van der Waals surface area contributed by atoms with Gasteiger partial charge in [-0.15, -0.1) is 0 Å². The first-order chi connectivity index (χ1) is 12.8. The van der Waals surface area contributed by atoms with Gasteiger partial charge in [-0.2, -0.15) is 0 Å². The lowest BCUT2D eigenvalue weighted by molar-refractivity contribution is 0.287. The van der Waals surface area contributed by atoms with Gasteiger partial charge in [-0.3, -0.25) is 0 Å². The second-order valence-electron chi connectivity index (χ2n) is 6.96. The number of azide groups is 1. The van der Waals surface area contributed by atoms with Gasteiger partial charge < -0.3 is 9.47 Å². The SMILES string of the molecule is CCCCCCCCCCc1cnc(CN=[N+]=[N-])n1CCN(CC)CC. The van der Waals surface area contributed by atoms with Crippen LogP contribution in [0.5, 0.6) is 0 Å². The third-order valence-electron chi connectivity index (χ3n) is 5.12. The van der Waals surface area contributed by atoms with E-state index in [-0.39, 0.29) is 0 Å². The lowest BCUT2D eigenvalue weighted by Crippen LogP contribution is -2.28. The molecule has 0 aliphatic carbocycles. The summed E-state index contributed by atoms with van der Waals surface area (Å²) in [7, 11) is 0. The van der Waals surface area contributed by atoms with Gasteiger partial charge in [-0.25, -0.2) is 4.98 Å². The fraction of sp³-hybridized carbons (Fsp3) is 0.850. The first kappa shape index (κ1) is 22.5. The Morgan fingerprint density at radius 3 is 2.31 bits per heavy atom. The minimum Gasteiger partial charge on any atom is -0.331 e. The molecule has 0 aromatic carbocycles. The van der Waals surface area contributed by atoms with Crippen molar-refractivity contribution < 1.29 is 0 Å². The summed E-state index contributed by atoms with van der Waals surface area (Å²) in [4.78, 5) is 9.81. The molecule has 1 rings (SSSR count). The van der Waals surface area contributed by atoms with Gasteiger partial charge in [0.2, 0.25) is 0 Å². The van der Waals surface area contributed by atoms with E-state index in [1.54, 1.807) is 0 Å². The van der Waals surface area contributed by atoms with Crippen LogP contribution in [-0.2, 0) is 19.5 Å². The topological polar surface area (TPSA) is 69.8 Å². The minimum atomic E-state index is 0.339. The number of nitrogens with zero attached hydrogens (tertiary/aromatic N) is 6. The van der Waals surface area contributed by atoms with Crippen molar-refractivity contribution in [1.82, 2.24) is 14.5 Å². The first-order valence-electron chi connectivity index (χ1n) is 10.5. The summed E-state index contributed by atoms with van der Waals surface area (Å²) in [6.07, 6.45) is 13.7. The van der Waals surface area contributed by atoms with Crippen molar-refractivity contribution in [2.24, 2.45) is 5.11 Å². The van der Waals surface area contributed by atoms with E-state index in [1.807, 2.05) is 6.20 Å². The van der Waals surface area contributed by atoms with E-state index < -0.39 is 0 Å². The Kier molecular flexibility index (Phi) is 12.7. The highest BCUT2D eigenvalue weighted by molar-refractivity contribution is 5.06. The van der Waals surface area contributed by atoms with Gasteiger partial charge in [-0.1, -0.05) is 70.8 Å². The molecule has 0 spiro atoms. The molecule has 0 N–H and O–H groups in total. The van der Waals surface area contributed by atoms with Crippen LogP contribution in [0.2, 0.25) is 0 Å². The number of aryl methyl sites for hydroxylation is 1. The van der Waals surface area contributed by atoms with Crippen LogP contribution in [0.25, 0.3) is 10.4 Å². The maximum Gasteiger partial charge on any atom is 0.114 e. The average Bonchev–Trinajstić information content (AvgIpc) is 3.05. The summed E-state index contributed by atoms with van der Waals surface area (Å²) in [6, 6.07) is 0. The standard InChI is InChI=1S/C20H38N6/c1-4-7-8-9-10-11-12-13-14-19-17-22-20(18-23-24-21)26(19)16-15-25(5-2)6-3/h17H,4-16,18H2,1-3H3. The maximum absolute atomic E-state index is 8.61. The molecule has 0 saturated carbocycles. The molecule has 0 aliphatic heterocycles.